The normalized spacial score (nSPS) is 12.2. The highest BCUT2D eigenvalue weighted by Gasteiger charge is 2.35. The van der Waals surface area contributed by atoms with Crippen LogP contribution in [0.4, 0.5) is 5.69 Å². The van der Waals surface area contributed by atoms with Crippen molar-refractivity contribution in [3.8, 4) is 5.75 Å². The minimum atomic E-state index is -0.917. The van der Waals surface area contributed by atoms with Crippen LogP contribution in [0.3, 0.4) is 0 Å². The molecule has 0 aliphatic heterocycles. The van der Waals surface area contributed by atoms with Crippen molar-refractivity contribution in [3.05, 3.63) is 83.9 Å². The number of hydrogen-bond donors (Lipinski definition) is 1. The second-order valence-electron chi connectivity index (χ2n) is 10.2. The van der Waals surface area contributed by atoms with Gasteiger partial charge in [-0.05, 0) is 81.6 Å². The predicted molar refractivity (Wildman–Crippen MR) is 149 cm³/mol. The zero-order valence-electron chi connectivity index (χ0n) is 22.6. The highest BCUT2D eigenvalue weighted by atomic mass is 16.5. The van der Waals surface area contributed by atoms with Crippen molar-refractivity contribution in [1.82, 2.24) is 20.3 Å². The Kier molecular flexibility index (Phi) is 8.10. The van der Waals surface area contributed by atoms with Crippen molar-refractivity contribution in [2.75, 3.05) is 11.5 Å². The van der Waals surface area contributed by atoms with Gasteiger partial charge in [-0.15, -0.1) is 5.10 Å². The molecule has 0 aliphatic rings. The van der Waals surface area contributed by atoms with Crippen molar-refractivity contribution in [1.29, 1.82) is 0 Å². The maximum Gasteiger partial charge on any atom is 0.249 e. The number of nitrogens with one attached hydrogen (secondary N) is 1. The fourth-order valence-corrected chi connectivity index (χ4v) is 4.34. The van der Waals surface area contributed by atoms with E-state index in [4.69, 9.17) is 4.74 Å². The molecule has 198 valence electrons. The summed E-state index contributed by atoms with van der Waals surface area (Å²) in [5, 5.41) is 11.5. The Labute approximate surface area is 223 Å². The molecule has 0 unspecified atom stereocenters. The Morgan fingerprint density at radius 2 is 1.66 bits per heavy atom. The molecule has 0 fully saturated rings. The Morgan fingerprint density at radius 3 is 2.29 bits per heavy atom. The third kappa shape index (κ3) is 6.19. The van der Waals surface area contributed by atoms with E-state index in [0.717, 1.165) is 17.5 Å². The van der Waals surface area contributed by atoms with Crippen LogP contribution >= 0.6 is 0 Å². The molecule has 0 aliphatic carbocycles. The number of aromatic nitrogens is 3. The average molecular weight is 514 g/mol. The van der Waals surface area contributed by atoms with Gasteiger partial charge < -0.3 is 10.1 Å². The molecule has 1 aromatic heterocycles. The van der Waals surface area contributed by atoms with Crippen molar-refractivity contribution < 1.29 is 14.3 Å². The molecule has 1 atom stereocenters. The number of carbonyl (C=O) groups excluding carboxylic acids is 2. The fraction of sp³-hybridized carbons (Fsp3) is 0.333. The molecule has 3 aromatic carbocycles. The summed E-state index contributed by atoms with van der Waals surface area (Å²) < 4.78 is 7.18. The molecule has 0 spiro atoms. The quantitative estimate of drug-likeness (QED) is 0.337. The Balaban J connectivity index is 1.81. The number of anilines is 1. The minimum Gasteiger partial charge on any atom is -0.494 e. The Hall–Kier alpha value is -4.20. The monoisotopic (exact) mass is 513 g/mol. The van der Waals surface area contributed by atoms with Crippen LogP contribution in [0, 0.1) is 0 Å². The van der Waals surface area contributed by atoms with Crippen molar-refractivity contribution in [2.45, 2.75) is 59.2 Å². The van der Waals surface area contributed by atoms with E-state index in [1.807, 2.05) is 100 Å². The first kappa shape index (κ1) is 26.9. The van der Waals surface area contributed by atoms with Crippen LogP contribution in [0.1, 0.15) is 51.8 Å². The van der Waals surface area contributed by atoms with Crippen LogP contribution in [0.5, 0.6) is 5.75 Å². The number of para-hydroxylation sites is 1. The first-order chi connectivity index (χ1) is 18.2. The Morgan fingerprint density at radius 1 is 0.974 bits per heavy atom. The first-order valence-corrected chi connectivity index (χ1v) is 12.9. The number of ether oxygens (including phenoxy) is 1. The van der Waals surface area contributed by atoms with Crippen LogP contribution in [0.15, 0.2) is 72.8 Å². The molecule has 2 amide bonds. The molecule has 4 aromatic rings. The third-order valence-corrected chi connectivity index (χ3v) is 6.11. The van der Waals surface area contributed by atoms with Gasteiger partial charge in [0.25, 0.3) is 0 Å². The van der Waals surface area contributed by atoms with Gasteiger partial charge in [-0.1, -0.05) is 48.5 Å². The lowest BCUT2D eigenvalue weighted by molar-refractivity contribution is -0.128. The second kappa shape index (κ2) is 11.5. The standard InChI is InChI=1S/C30H35N5O3/c1-6-21-12-16-23(17-13-21)35(27(36)20-34-26-11-9-8-10-25(26)32-33-34)28(29(37)31-30(3,4)5)22-14-18-24(19-15-22)38-7-2/h8-19,28H,6-7,20H2,1-5H3,(H,31,37)/t28-/m1/s1. The number of hydrogen-bond acceptors (Lipinski definition) is 5. The van der Waals surface area contributed by atoms with Gasteiger partial charge in [-0.3, -0.25) is 14.5 Å². The smallest absolute Gasteiger partial charge is 0.249 e. The molecule has 1 heterocycles. The summed E-state index contributed by atoms with van der Waals surface area (Å²) in [5.74, 6) is 0.136. The van der Waals surface area contributed by atoms with E-state index < -0.39 is 11.6 Å². The van der Waals surface area contributed by atoms with E-state index in [0.29, 0.717) is 29.1 Å². The molecule has 0 saturated carbocycles. The lowest BCUT2D eigenvalue weighted by Gasteiger charge is -2.34. The zero-order valence-corrected chi connectivity index (χ0v) is 22.6. The minimum absolute atomic E-state index is 0.0770. The number of aryl methyl sites for hydroxylation is 1. The van der Waals surface area contributed by atoms with Crippen LogP contribution in [0.25, 0.3) is 11.0 Å². The number of nitrogens with zero attached hydrogens (tertiary/aromatic N) is 4. The van der Waals surface area contributed by atoms with E-state index in [-0.39, 0.29) is 18.4 Å². The summed E-state index contributed by atoms with van der Waals surface area (Å²) >= 11 is 0. The predicted octanol–water partition coefficient (Wildman–Crippen LogP) is 5.08. The van der Waals surface area contributed by atoms with Crippen molar-refractivity contribution in [2.24, 2.45) is 0 Å². The van der Waals surface area contributed by atoms with Crippen LogP contribution in [-0.4, -0.2) is 39.0 Å². The largest absolute Gasteiger partial charge is 0.494 e. The van der Waals surface area contributed by atoms with Crippen LogP contribution in [0.2, 0.25) is 0 Å². The number of carbonyl (C=O) groups is 2. The third-order valence-electron chi connectivity index (χ3n) is 6.11. The first-order valence-electron chi connectivity index (χ1n) is 12.9. The highest BCUT2D eigenvalue weighted by molar-refractivity contribution is 6.01. The van der Waals surface area contributed by atoms with Gasteiger partial charge in [0, 0.05) is 11.2 Å². The van der Waals surface area contributed by atoms with E-state index >= 15 is 0 Å². The van der Waals surface area contributed by atoms with Crippen LogP contribution < -0.4 is 15.0 Å². The van der Waals surface area contributed by atoms with Gasteiger partial charge in [-0.2, -0.15) is 0 Å². The zero-order chi connectivity index (χ0) is 27.3. The van der Waals surface area contributed by atoms with Gasteiger partial charge in [0.05, 0.1) is 12.1 Å². The van der Waals surface area contributed by atoms with Gasteiger partial charge in [0.15, 0.2) is 0 Å². The number of benzene rings is 3. The molecule has 38 heavy (non-hydrogen) atoms. The van der Waals surface area contributed by atoms with Gasteiger partial charge >= 0.3 is 0 Å². The van der Waals surface area contributed by atoms with Gasteiger partial charge in [0.2, 0.25) is 11.8 Å². The number of rotatable bonds is 9. The van der Waals surface area contributed by atoms with Crippen molar-refractivity contribution >= 4 is 28.5 Å². The summed E-state index contributed by atoms with van der Waals surface area (Å²) in [7, 11) is 0. The van der Waals surface area contributed by atoms with E-state index in [9.17, 15) is 9.59 Å². The van der Waals surface area contributed by atoms with E-state index in [1.54, 1.807) is 9.58 Å². The number of fused-ring (bicyclic) bond motifs is 1. The molecule has 1 N–H and O–H groups in total. The summed E-state index contributed by atoms with van der Waals surface area (Å²) in [5.41, 5.74) is 3.39. The summed E-state index contributed by atoms with van der Waals surface area (Å²) in [4.78, 5) is 29.5. The molecular formula is C30H35N5O3. The van der Waals surface area contributed by atoms with E-state index in [2.05, 4.69) is 22.6 Å². The van der Waals surface area contributed by atoms with Crippen molar-refractivity contribution in [3.63, 3.8) is 0 Å². The topological polar surface area (TPSA) is 89.4 Å². The molecular weight excluding hydrogens is 478 g/mol. The highest BCUT2D eigenvalue weighted by Crippen LogP contribution is 2.31. The van der Waals surface area contributed by atoms with Crippen LogP contribution in [-0.2, 0) is 22.6 Å². The van der Waals surface area contributed by atoms with E-state index in [1.165, 1.54) is 0 Å². The SMILES string of the molecule is CCOc1ccc([C@H](C(=O)NC(C)(C)C)N(C(=O)Cn2nnc3ccccc32)c2ccc(CC)cc2)cc1. The summed E-state index contributed by atoms with van der Waals surface area (Å²) in [6.45, 7) is 10.2. The summed E-state index contributed by atoms with van der Waals surface area (Å²) in [6.07, 6.45) is 0.867. The number of amides is 2. The van der Waals surface area contributed by atoms with Gasteiger partial charge in [0.1, 0.15) is 23.9 Å². The molecule has 4 rings (SSSR count). The van der Waals surface area contributed by atoms with Gasteiger partial charge in [-0.25, -0.2) is 4.68 Å². The molecule has 8 heteroatoms. The fourth-order valence-electron chi connectivity index (χ4n) is 4.34. The summed E-state index contributed by atoms with van der Waals surface area (Å²) in [6, 6.07) is 21.6. The second-order valence-corrected chi connectivity index (χ2v) is 10.2. The molecule has 0 radical (unpaired) electrons. The molecule has 0 bridgehead atoms. The maximum atomic E-state index is 14.1. The molecule has 8 nitrogen and oxygen atoms in total. The Bertz CT molecular complexity index is 1390. The average Bonchev–Trinajstić information content (AvgIpc) is 3.29. The lowest BCUT2D eigenvalue weighted by atomic mass is 10.00. The maximum absolute atomic E-state index is 14.1. The molecule has 0 saturated heterocycles. The lowest BCUT2D eigenvalue weighted by Crippen LogP contribution is -2.50.